The van der Waals surface area contributed by atoms with E-state index < -0.39 is 10.0 Å². The lowest BCUT2D eigenvalue weighted by Gasteiger charge is -2.28. The van der Waals surface area contributed by atoms with E-state index in [0.29, 0.717) is 24.8 Å². The Balaban J connectivity index is 2.64. The van der Waals surface area contributed by atoms with Gasteiger partial charge in [-0.15, -0.1) is 0 Å². The summed E-state index contributed by atoms with van der Waals surface area (Å²) in [5.74, 6) is 1.28. The molecule has 5 nitrogen and oxygen atoms in total. The number of hydrogen-bond donors (Lipinski definition) is 1. The van der Waals surface area contributed by atoms with E-state index in [9.17, 15) is 8.42 Å². The smallest absolute Gasteiger partial charge is 0.240 e. The molecule has 24 heavy (non-hydrogen) atoms. The molecule has 0 saturated carbocycles. The molecule has 0 heterocycles. The normalized spacial score (nSPS) is 12.8. The van der Waals surface area contributed by atoms with E-state index in [2.05, 4.69) is 23.5 Å². The average molecular weight is 357 g/mol. The molecule has 0 aliphatic rings. The van der Waals surface area contributed by atoms with Gasteiger partial charge in [0.15, 0.2) is 0 Å². The Bertz CT molecular complexity index is 593. The second-order valence-electron chi connectivity index (χ2n) is 7.73. The quantitative estimate of drug-likeness (QED) is 0.700. The summed E-state index contributed by atoms with van der Waals surface area (Å²) in [7, 11) is 0.457. The molecule has 1 aromatic carbocycles. The number of hydrogen-bond acceptors (Lipinski definition) is 4. The van der Waals surface area contributed by atoms with Crippen molar-refractivity contribution in [2.24, 2.45) is 11.3 Å². The number of ether oxygens (including phenoxy) is 1. The second kappa shape index (κ2) is 8.83. The molecule has 0 fully saturated rings. The third kappa shape index (κ3) is 7.64. The van der Waals surface area contributed by atoms with Gasteiger partial charge in [0.2, 0.25) is 10.0 Å². The fourth-order valence-corrected chi connectivity index (χ4v) is 3.65. The summed E-state index contributed by atoms with van der Waals surface area (Å²) in [6, 6.07) is 6.59. The van der Waals surface area contributed by atoms with Gasteiger partial charge in [0, 0.05) is 13.1 Å². The molecular weight excluding hydrogens is 324 g/mol. The number of sulfonamides is 1. The van der Waals surface area contributed by atoms with Crippen LogP contribution in [0.15, 0.2) is 29.2 Å². The first kappa shape index (κ1) is 20.9. The number of benzene rings is 1. The first-order valence-electron chi connectivity index (χ1n) is 8.39. The lowest BCUT2D eigenvalue weighted by molar-refractivity contribution is 0.242. The minimum absolute atomic E-state index is 0.142. The minimum atomic E-state index is -3.50. The summed E-state index contributed by atoms with van der Waals surface area (Å²) in [5.41, 5.74) is -0.142. The van der Waals surface area contributed by atoms with E-state index in [1.165, 1.54) is 0 Å². The predicted octanol–water partition coefficient (Wildman–Crippen LogP) is 2.98. The highest BCUT2D eigenvalue weighted by atomic mass is 32.2. The van der Waals surface area contributed by atoms with Crippen molar-refractivity contribution in [2.75, 3.05) is 33.8 Å². The van der Waals surface area contributed by atoms with Gasteiger partial charge in [0.25, 0.3) is 0 Å². The van der Waals surface area contributed by atoms with E-state index in [1.807, 2.05) is 27.9 Å². The number of rotatable bonds is 10. The van der Waals surface area contributed by atoms with Crippen LogP contribution in [0.2, 0.25) is 0 Å². The standard InChI is InChI=1S/C18H32N2O3S/c1-15(2)11-12-23-16-7-9-17(10-8-16)24(21,22)19-13-18(3,4)14-20(5)6/h7-10,15,19H,11-14H2,1-6H3. The van der Waals surface area contributed by atoms with Crippen LogP contribution in [0.1, 0.15) is 34.1 Å². The zero-order valence-corrected chi connectivity index (χ0v) is 16.6. The van der Waals surface area contributed by atoms with E-state index in [1.54, 1.807) is 24.3 Å². The van der Waals surface area contributed by atoms with Crippen LogP contribution in [0.4, 0.5) is 0 Å². The van der Waals surface area contributed by atoms with Crippen LogP contribution in [0, 0.1) is 11.3 Å². The van der Waals surface area contributed by atoms with Crippen LogP contribution in [0.25, 0.3) is 0 Å². The fraction of sp³-hybridized carbons (Fsp3) is 0.667. The molecule has 1 aromatic rings. The highest BCUT2D eigenvalue weighted by Gasteiger charge is 2.23. The van der Waals surface area contributed by atoms with Crippen LogP contribution in [-0.2, 0) is 10.0 Å². The van der Waals surface area contributed by atoms with Gasteiger partial charge in [-0.05, 0) is 56.1 Å². The summed E-state index contributed by atoms with van der Waals surface area (Å²) in [6.07, 6.45) is 0.975. The third-order valence-electron chi connectivity index (χ3n) is 3.58. The molecule has 0 unspecified atom stereocenters. The molecule has 0 amide bonds. The molecule has 0 spiro atoms. The monoisotopic (exact) mass is 356 g/mol. The van der Waals surface area contributed by atoms with E-state index >= 15 is 0 Å². The highest BCUT2D eigenvalue weighted by Crippen LogP contribution is 2.19. The topological polar surface area (TPSA) is 58.6 Å². The van der Waals surface area contributed by atoms with Crippen LogP contribution in [0.5, 0.6) is 5.75 Å². The van der Waals surface area contributed by atoms with Crippen LogP contribution < -0.4 is 9.46 Å². The van der Waals surface area contributed by atoms with Crippen molar-refractivity contribution >= 4 is 10.0 Å². The first-order chi connectivity index (χ1) is 11.0. The zero-order chi connectivity index (χ0) is 18.4. The number of nitrogens with one attached hydrogen (secondary N) is 1. The molecule has 0 saturated heterocycles. The van der Waals surface area contributed by atoms with Crippen LogP contribution in [-0.4, -0.2) is 47.1 Å². The molecule has 138 valence electrons. The maximum absolute atomic E-state index is 12.4. The lowest BCUT2D eigenvalue weighted by Crippen LogP contribution is -2.39. The van der Waals surface area contributed by atoms with Crippen LogP contribution in [0.3, 0.4) is 0 Å². The molecule has 6 heteroatoms. The highest BCUT2D eigenvalue weighted by molar-refractivity contribution is 7.89. The first-order valence-corrected chi connectivity index (χ1v) is 9.87. The summed E-state index contributed by atoms with van der Waals surface area (Å²) in [6.45, 7) is 10.2. The molecule has 0 radical (unpaired) electrons. The number of nitrogens with zero attached hydrogens (tertiary/aromatic N) is 1. The average Bonchev–Trinajstić information content (AvgIpc) is 2.44. The van der Waals surface area contributed by atoms with E-state index in [4.69, 9.17) is 4.74 Å². The van der Waals surface area contributed by atoms with Gasteiger partial charge in [-0.25, -0.2) is 13.1 Å². The zero-order valence-electron chi connectivity index (χ0n) is 15.8. The van der Waals surface area contributed by atoms with Crippen molar-refractivity contribution < 1.29 is 13.2 Å². The van der Waals surface area contributed by atoms with Crippen LogP contribution >= 0.6 is 0 Å². The molecule has 0 aliphatic carbocycles. The van der Waals surface area contributed by atoms with Crippen molar-refractivity contribution in [1.82, 2.24) is 9.62 Å². The Morgan fingerprint density at radius 2 is 1.75 bits per heavy atom. The molecule has 1 N–H and O–H groups in total. The molecule has 0 atom stereocenters. The second-order valence-corrected chi connectivity index (χ2v) is 9.50. The largest absolute Gasteiger partial charge is 0.494 e. The summed E-state index contributed by atoms with van der Waals surface area (Å²) in [4.78, 5) is 2.32. The molecule has 0 aromatic heterocycles. The van der Waals surface area contributed by atoms with E-state index in [0.717, 1.165) is 13.0 Å². The van der Waals surface area contributed by atoms with Gasteiger partial charge in [-0.3, -0.25) is 0 Å². The van der Waals surface area contributed by atoms with Crippen molar-refractivity contribution in [3.63, 3.8) is 0 Å². The Morgan fingerprint density at radius 3 is 2.25 bits per heavy atom. The third-order valence-corrected chi connectivity index (χ3v) is 5.00. The van der Waals surface area contributed by atoms with Gasteiger partial charge < -0.3 is 9.64 Å². The fourth-order valence-electron chi connectivity index (χ4n) is 2.41. The van der Waals surface area contributed by atoms with E-state index in [-0.39, 0.29) is 10.3 Å². The molecule has 0 aliphatic heterocycles. The predicted molar refractivity (Wildman–Crippen MR) is 98.9 cm³/mol. The Kier molecular flexibility index (Phi) is 7.70. The summed E-state index contributed by atoms with van der Waals surface area (Å²) in [5, 5.41) is 0. The minimum Gasteiger partial charge on any atom is -0.494 e. The van der Waals surface area contributed by atoms with Crippen molar-refractivity contribution in [3.05, 3.63) is 24.3 Å². The Morgan fingerprint density at radius 1 is 1.17 bits per heavy atom. The van der Waals surface area contributed by atoms with Gasteiger partial charge in [-0.1, -0.05) is 27.7 Å². The SMILES string of the molecule is CC(C)CCOc1ccc(S(=O)(=O)NCC(C)(C)CN(C)C)cc1. The summed E-state index contributed by atoms with van der Waals surface area (Å²) >= 11 is 0. The van der Waals surface area contributed by atoms with Gasteiger partial charge >= 0.3 is 0 Å². The lowest BCUT2D eigenvalue weighted by atomic mass is 9.93. The Hall–Kier alpha value is -1.11. The van der Waals surface area contributed by atoms with Crippen molar-refractivity contribution in [1.29, 1.82) is 0 Å². The van der Waals surface area contributed by atoms with Crippen molar-refractivity contribution in [2.45, 2.75) is 39.0 Å². The Labute approximate surface area is 147 Å². The molecule has 0 bridgehead atoms. The van der Waals surface area contributed by atoms with Crippen molar-refractivity contribution in [3.8, 4) is 5.75 Å². The van der Waals surface area contributed by atoms with Gasteiger partial charge in [0.1, 0.15) is 5.75 Å². The maximum Gasteiger partial charge on any atom is 0.240 e. The molecular formula is C18H32N2O3S. The molecule has 1 rings (SSSR count). The van der Waals surface area contributed by atoms with Gasteiger partial charge in [0.05, 0.1) is 11.5 Å². The maximum atomic E-state index is 12.4. The summed E-state index contributed by atoms with van der Waals surface area (Å²) < 4.78 is 33.2. The van der Waals surface area contributed by atoms with Gasteiger partial charge in [-0.2, -0.15) is 0 Å².